The van der Waals surface area contributed by atoms with Crippen LogP contribution >= 0.6 is 0 Å². The summed E-state index contributed by atoms with van der Waals surface area (Å²) in [6.45, 7) is 0. The van der Waals surface area contributed by atoms with E-state index >= 15 is 0 Å². The van der Waals surface area contributed by atoms with Crippen LogP contribution in [0.1, 0.15) is 0 Å². The fraction of sp³-hybridized carbons (Fsp3) is 0. The van der Waals surface area contributed by atoms with Crippen LogP contribution in [0.2, 0.25) is 0 Å². The quantitative estimate of drug-likeness (QED) is 0.156. The van der Waals surface area contributed by atoms with Crippen molar-refractivity contribution in [2.75, 3.05) is 4.90 Å². The molecule has 0 fully saturated rings. The largest absolute Gasteiger partial charge is 0.456 e. The maximum absolute atomic E-state index is 6.15. The number of furan rings is 1. The van der Waals surface area contributed by atoms with Crippen molar-refractivity contribution in [2.45, 2.75) is 0 Å². The van der Waals surface area contributed by atoms with E-state index in [4.69, 9.17) is 4.42 Å². The van der Waals surface area contributed by atoms with Crippen LogP contribution in [0.5, 0.6) is 0 Å². The average Bonchev–Trinajstić information content (AvgIpc) is 3.66. The minimum absolute atomic E-state index is 0.900. The molecule has 10 rings (SSSR count). The van der Waals surface area contributed by atoms with E-state index in [1.165, 1.54) is 44.5 Å². The van der Waals surface area contributed by atoms with E-state index in [2.05, 4.69) is 217 Å². The molecule has 0 amide bonds. The van der Waals surface area contributed by atoms with Gasteiger partial charge in [0.2, 0.25) is 0 Å². The van der Waals surface area contributed by atoms with E-state index in [0.717, 1.165) is 50.1 Å². The van der Waals surface area contributed by atoms with Crippen LogP contribution < -0.4 is 4.90 Å². The van der Waals surface area contributed by atoms with Gasteiger partial charge >= 0.3 is 0 Å². The van der Waals surface area contributed by atoms with Gasteiger partial charge in [-0.2, -0.15) is 0 Å². The maximum atomic E-state index is 6.15. The van der Waals surface area contributed by atoms with Crippen LogP contribution in [-0.2, 0) is 0 Å². The van der Waals surface area contributed by atoms with Crippen molar-refractivity contribution in [1.29, 1.82) is 0 Å². The van der Waals surface area contributed by atoms with Crippen molar-refractivity contribution in [2.24, 2.45) is 0 Å². The molecular formula is C54H37NO. The van der Waals surface area contributed by atoms with Crippen LogP contribution in [0.25, 0.3) is 77.6 Å². The highest BCUT2D eigenvalue weighted by atomic mass is 16.3. The molecule has 0 saturated carbocycles. The molecule has 1 aromatic heterocycles. The first kappa shape index (κ1) is 33.2. The smallest absolute Gasteiger partial charge is 0.135 e. The first-order chi connectivity index (χ1) is 27.7. The van der Waals surface area contributed by atoms with E-state index < -0.39 is 0 Å². The minimum atomic E-state index is 0.900. The van der Waals surface area contributed by atoms with Crippen LogP contribution in [0.3, 0.4) is 0 Å². The lowest BCUT2D eigenvalue weighted by Crippen LogP contribution is -2.10. The number of rotatable bonds is 8. The van der Waals surface area contributed by atoms with Gasteiger partial charge in [-0.15, -0.1) is 0 Å². The molecule has 264 valence electrons. The lowest BCUT2D eigenvalue weighted by Gasteiger charge is -2.26. The molecule has 10 aromatic rings. The fourth-order valence-corrected chi connectivity index (χ4v) is 7.80. The zero-order chi connectivity index (χ0) is 37.3. The number of para-hydroxylation sites is 1. The number of hydrogen-bond acceptors (Lipinski definition) is 2. The third-order valence-corrected chi connectivity index (χ3v) is 10.7. The number of fused-ring (bicyclic) bond motifs is 3. The average molecular weight is 716 g/mol. The van der Waals surface area contributed by atoms with Crippen molar-refractivity contribution < 1.29 is 4.42 Å². The summed E-state index contributed by atoms with van der Waals surface area (Å²) in [6, 6.07) is 80.1. The van der Waals surface area contributed by atoms with Crippen LogP contribution in [0.4, 0.5) is 17.1 Å². The summed E-state index contributed by atoms with van der Waals surface area (Å²) in [5, 5.41) is 2.25. The van der Waals surface area contributed by atoms with Gasteiger partial charge in [0.1, 0.15) is 11.2 Å². The molecule has 0 aliphatic rings. The Morgan fingerprint density at radius 3 is 1.18 bits per heavy atom. The van der Waals surface area contributed by atoms with Gasteiger partial charge in [-0.25, -0.2) is 0 Å². The third-order valence-electron chi connectivity index (χ3n) is 10.7. The van der Waals surface area contributed by atoms with Gasteiger partial charge in [0.15, 0.2) is 0 Å². The minimum Gasteiger partial charge on any atom is -0.456 e. The Balaban J connectivity index is 1.04. The van der Waals surface area contributed by atoms with Crippen molar-refractivity contribution in [3.8, 4) is 55.6 Å². The van der Waals surface area contributed by atoms with E-state index in [0.29, 0.717) is 0 Å². The summed E-state index contributed by atoms with van der Waals surface area (Å²) in [5.41, 5.74) is 16.9. The van der Waals surface area contributed by atoms with Gasteiger partial charge in [0.05, 0.1) is 0 Å². The lowest BCUT2D eigenvalue weighted by atomic mass is 9.98. The summed E-state index contributed by atoms with van der Waals surface area (Å²) in [7, 11) is 0. The molecule has 1 heterocycles. The van der Waals surface area contributed by atoms with Gasteiger partial charge in [-0.05, 0) is 122 Å². The second-order valence-corrected chi connectivity index (χ2v) is 14.2. The van der Waals surface area contributed by atoms with Gasteiger partial charge in [0.25, 0.3) is 0 Å². The molecule has 0 bridgehead atoms. The Bertz CT molecular complexity index is 2820. The van der Waals surface area contributed by atoms with Gasteiger partial charge < -0.3 is 9.32 Å². The maximum Gasteiger partial charge on any atom is 0.135 e. The zero-order valence-electron chi connectivity index (χ0n) is 30.7. The topological polar surface area (TPSA) is 16.4 Å². The molecule has 2 heteroatoms. The third kappa shape index (κ3) is 6.44. The number of hydrogen-bond donors (Lipinski definition) is 0. The molecule has 0 N–H and O–H groups in total. The standard InChI is InChI=1S/C54H37NO/c1-3-12-38(13-4-1)42-16-9-18-44(34-42)40-24-29-48(30-25-40)55(49-31-26-41(27-32-49)45-19-10-17-43(35-45)39-14-5-2-6-15-39)50-21-11-20-46(36-50)47-28-33-54-52(37-47)51-22-7-8-23-53(51)56-54/h1-37H. The monoisotopic (exact) mass is 715 g/mol. The van der Waals surface area contributed by atoms with Crippen molar-refractivity contribution in [3.05, 3.63) is 224 Å². The summed E-state index contributed by atoms with van der Waals surface area (Å²) in [6.07, 6.45) is 0. The first-order valence-corrected chi connectivity index (χ1v) is 19.1. The van der Waals surface area contributed by atoms with Crippen LogP contribution in [0, 0.1) is 0 Å². The molecule has 0 spiro atoms. The number of nitrogens with zero attached hydrogens (tertiary/aromatic N) is 1. The Morgan fingerprint density at radius 1 is 0.232 bits per heavy atom. The number of benzene rings is 9. The molecule has 0 radical (unpaired) electrons. The van der Waals surface area contributed by atoms with E-state index in [1.807, 2.05) is 12.1 Å². The zero-order valence-corrected chi connectivity index (χ0v) is 30.7. The summed E-state index contributed by atoms with van der Waals surface area (Å²) in [4.78, 5) is 2.35. The molecule has 0 unspecified atom stereocenters. The van der Waals surface area contributed by atoms with Crippen molar-refractivity contribution >= 4 is 39.0 Å². The second kappa shape index (κ2) is 14.4. The predicted molar refractivity (Wildman–Crippen MR) is 236 cm³/mol. The summed E-state index contributed by atoms with van der Waals surface area (Å²) >= 11 is 0. The molecule has 0 saturated heterocycles. The van der Waals surface area contributed by atoms with Crippen molar-refractivity contribution in [1.82, 2.24) is 0 Å². The molecular weight excluding hydrogens is 679 g/mol. The molecule has 9 aromatic carbocycles. The predicted octanol–water partition coefficient (Wildman–Crippen LogP) is 15.4. The highest BCUT2D eigenvalue weighted by Crippen LogP contribution is 2.40. The second-order valence-electron chi connectivity index (χ2n) is 14.2. The lowest BCUT2D eigenvalue weighted by molar-refractivity contribution is 0.669. The van der Waals surface area contributed by atoms with Gasteiger partial charge in [-0.3, -0.25) is 0 Å². The highest BCUT2D eigenvalue weighted by molar-refractivity contribution is 6.06. The van der Waals surface area contributed by atoms with E-state index in [-0.39, 0.29) is 0 Å². The molecule has 2 nitrogen and oxygen atoms in total. The molecule has 0 aliphatic heterocycles. The SMILES string of the molecule is c1ccc(-c2cccc(-c3ccc(N(c4ccc(-c5cccc(-c6ccccc6)c5)cc4)c4cccc(-c5ccc6oc7ccccc7c6c5)c4)cc3)c2)cc1. The number of anilines is 3. The fourth-order valence-electron chi connectivity index (χ4n) is 7.80. The Hall–Kier alpha value is -7.42. The van der Waals surface area contributed by atoms with Crippen LogP contribution in [-0.4, -0.2) is 0 Å². The van der Waals surface area contributed by atoms with Gasteiger partial charge in [-0.1, -0.05) is 158 Å². The Labute approximate surface area is 327 Å². The molecule has 0 atom stereocenters. The Morgan fingerprint density at radius 2 is 0.625 bits per heavy atom. The molecule has 56 heavy (non-hydrogen) atoms. The summed E-state index contributed by atoms with van der Waals surface area (Å²) in [5.74, 6) is 0. The molecule has 0 aliphatic carbocycles. The van der Waals surface area contributed by atoms with Crippen LogP contribution in [0.15, 0.2) is 229 Å². The highest BCUT2D eigenvalue weighted by Gasteiger charge is 2.16. The Kier molecular flexibility index (Phi) is 8.55. The van der Waals surface area contributed by atoms with Gasteiger partial charge in [0, 0.05) is 27.8 Å². The van der Waals surface area contributed by atoms with Crippen molar-refractivity contribution in [3.63, 3.8) is 0 Å². The van der Waals surface area contributed by atoms with E-state index in [9.17, 15) is 0 Å². The normalized spacial score (nSPS) is 11.2. The first-order valence-electron chi connectivity index (χ1n) is 19.1. The summed E-state index contributed by atoms with van der Waals surface area (Å²) < 4.78 is 6.15. The van der Waals surface area contributed by atoms with E-state index in [1.54, 1.807) is 0 Å².